The summed E-state index contributed by atoms with van der Waals surface area (Å²) in [7, 11) is 0.572. The van der Waals surface area contributed by atoms with Gasteiger partial charge in [-0.15, -0.1) is 0 Å². The van der Waals surface area contributed by atoms with Crippen molar-refractivity contribution < 1.29 is 0 Å². The first-order valence-electron chi connectivity index (χ1n) is 22.0. The molecule has 0 saturated heterocycles. The van der Waals surface area contributed by atoms with Crippen LogP contribution >= 0.6 is 0 Å². The fourth-order valence-electron chi connectivity index (χ4n) is 10.3. The molecule has 0 amide bonds. The predicted octanol–water partition coefficient (Wildman–Crippen LogP) is 10.9. The highest BCUT2D eigenvalue weighted by atomic mass is 28.2. The van der Waals surface area contributed by atoms with E-state index < -0.39 is 0 Å². The highest BCUT2D eigenvalue weighted by Crippen LogP contribution is 2.59. The molecule has 0 saturated carbocycles. The molecular formula is C58H48N4Si. The van der Waals surface area contributed by atoms with Crippen molar-refractivity contribution in [2.24, 2.45) is 11.7 Å². The standard InChI is InChI=1S/C58H48N4Si/c59-56(42-22-18-30-47(36-42)63-46-28-11-4-12-29-46)61-57(41-20-5-1-6-21-41)60-39-40-19-17-27-45(35-40)62-54-34-16-14-32-49(54)51-37-53-50(38-55(51)62)48-31-13-15-33-52(48)58(53,43-23-7-2-8-24-43)44-25-9-3-10-26-44/h1-25,27-38,44,56-57,60-61H,26,39,59H2. The number of fused-ring (bicyclic) bond motifs is 6. The van der Waals surface area contributed by atoms with Crippen molar-refractivity contribution in [3.8, 4) is 16.8 Å². The van der Waals surface area contributed by atoms with Crippen LogP contribution < -0.4 is 26.7 Å². The lowest BCUT2D eigenvalue weighted by Gasteiger charge is -2.39. The molecule has 4 unspecified atom stereocenters. The van der Waals surface area contributed by atoms with E-state index in [1.54, 1.807) is 0 Å². The Balaban J connectivity index is 0.956. The van der Waals surface area contributed by atoms with Crippen LogP contribution in [-0.4, -0.2) is 14.1 Å². The highest BCUT2D eigenvalue weighted by molar-refractivity contribution is 6.67. The van der Waals surface area contributed by atoms with Crippen molar-refractivity contribution in [1.29, 1.82) is 0 Å². The van der Waals surface area contributed by atoms with E-state index in [1.807, 2.05) is 0 Å². The molecule has 1 aromatic heterocycles. The van der Waals surface area contributed by atoms with E-state index in [4.69, 9.17) is 5.73 Å². The zero-order valence-electron chi connectivity index (χ0n) is 35.0. The summed E-state index contributed by atoms with van der Waals surface area (Å²) in [6, 6.07) is 73.1. The number of nitrogens with one attached hydrogen (secondary N) is 2. The predicted molar refractivity (Wildman–Crippen MR) is 263 cm³/mol. The summed E-state index contributed by atoms with van der Waals surface area (Å²) in [6.45, 7) is 0.644. The lowest BCUT2D eigenvalue weighted by molar-refractivity contribution is 0.386. The van der Waals surface area contributed by atoms with Crippen LogP contribution in [0.1, 0.15) is 52.1 Å². The van der Waals surface area contributed by atoms with Gasteiger partial charge in [0.25, 0.3) is 0 Å². The van der Waals surface area contributed by atoms with E-state index in [2.05, 4.69) is 240 Å². The van der Waals surface area contributed by atoms with Crippen LogP contribution in [0.2, 0.25) is 0 Å². The summed E-state index contributed by atoms with van der Waals surface area (Å²) in [5.41, 5.74) is 20.3. The van der Waals surface area contributed by atoms with Gasteiger partial charge in [-0.05, 0) is 87.2 Å². The molecule has 0 fully saturated rings. The van der Waals surface area contributed by atoms with Gasteiger partial charge in [-0.2, -0.15) is 0 Å². The minimum absolute atomic E-state index is 0.180. The largest absolute Gasteiger partial charge is 0.312 e. The summed E-state index contributed by atoms with van der Waals surface area (Å²) >= 11 is 0. The summed E-state index contributed by atoms with van der Waals surface area (Å²) < 4.78 is 2.47. The molecule has 0 aliphatic heterocycles. The topological polar surface area (TPSA) is 55.0 Å². The monoisotopic (exact) mass is 828 g/mol. The molecule has 2 aliphatic carbocycles. The van der Waals surface area contributed by atoms with Crippen molar-refractivity contribution in [3.05, 3.63) is 258 Å². The molecular weight excluding hydrogens is 781 g/mol. The van der Waals surface area contributed by atoms with Crippen LogP contribution in [0.15, 0.2) is 224 Å². The van der Waals surface area contributed by atoms with Gasteiger partial charge in [0, 0.05) is 23.0 Å². The Bertz CT molecular complexity index is 3140. The third kappa shape index (κ3) is 7.09. The van der Waals surface area contributed by atoms with Crippen molar-refractivity contribution in [3.63, 3.8) is 0 Å². The van der Waals surface area contributed by atoms with Crippen LogP contribution in [0.5, 0.6) is 0 Å². The minimum Gasteiger partial charge on any atom is -0.312 e. The summed E-state index contributed by atoms with van der Waals surface area (Å²) in [5.74, 6) is 0.274. The first-order valence-corrected chi connectivity index (χ1v) is 23.0. The Morgan fingerprint density at radius 1 is 0.587 bits per heavy atom. The molecule has 4 atom stereocenters. The first kappa shape index (κ1) is 39.0. The van der Waals surface area contributed by atoms with Crippen molar-refractivity contribution in [2.45, 2.75) is 30.7 Å². The second-order valence-corrected chi connectivity index (χ2v) is 18.2. The van der Waals surface area contributed by atoms with E-state index in [9.17, 15) is 0 Å². The normalized spacial score (nSPS) is 17.4. The maximum atomic E-state index is 6.96. The average molecular weight is 829 g/mol. The van der Waals surface area contributed by atoms with Gasteiger partial charge in [0.15, 0.2) is 0 Å². The first-order chi connectivity index (χ1) is 31.1. The van der Waals surface area contributed by atoms with Gasteiger partial charge in [-0.3, -0.25) is 10.6 Å². The zero-order valence-corrected chi connectivity index (χ0v) is 36.0. The van der Waals surface area contributed by atoms with Crippen molar-refractivity contribution in [2.75, 3.05) is 0 Å². The van der Waals surface area contributed by atoms with Crippen LogP contribution in [-0.2, 0) is 12.0 Å². The Kier molecular flexibility index (Phi) is 10.4. The Morgan fingerprint density at radius 2 is 1.30 bits per heavy atom. The quantitative estimate of drug-likeness (QED) is 0.0849. The van der Waals surface area contributed by atoms with E-state index in [0.717, 1.165) is 23.2 Å². The molecule has 2 aliphatic rings. The summed E-state index contributed by atoms with van der Waals surface area (Å²) in [6.07, 6.45) is 9.63. The van der Waals surface area contributed by atoms with Crippen LogP contribution in [0, 0.1) is 5.92 Å². The highest BCUT2D eigenvalue weighted by Gasteiger charge is 2.49. The van der Waals surface area contributed by atoms with Crippen molar-refractivity contribution in [1.82, 2.24) is 15.2 Å². The number of benzene rings is 8. The number of para-hydroxylation sites is 1. The average Bonchev–Trinajstić information content (AvgIpc) is 3.83. The maximum Gasteiger partial charge on any atom is 0.121 e. The molecule has 2 radical (unpaired) electrons. The van der Waals surface area contributed by atoms with Crippen LogP contribution in [0.4, 0.5) is 0 Å². The van der Waals surface area contributed by atoms with Crippen molar-refractivity contribution >= 4 is 41.7 Å². The molecule has 0 bridgehead atoms. The van der Waals surface area contributed by atoms with E-state index in [-0.39, 0.29) is 23.7 Å². The molecule has 1 heterocycles. The molecule has 4 nitrogen and oxygen atoms in total. The molecule has 9 aromatic rings. The fraction of sp³-hybridized carbons (Fsp3) is 0.103. The molecule has 4 N–H and O–H groups in total. The second kappa shape index (κ2) is 16.8. The smallest absolute Gasteiger partial charge is 0.121 e. The summed E-state index contributed by atoms with van der Waals surface area (Å²) in [4.78, 5) is 0. The van der Waals surface area contributed by atoms with Gasteiger partial charge >= 0.3 is 0 Å². The second-order valence-electron chi connectivity index (χ2n) is 16.8. The van der Waals surface area contributed by atoms with E-state index >= 15 is 0 Å². The number of hydrogen-bond donors (Lipinski definition) is 3. The maximum absolute atomic E-state index is 6.96. The molecule has 304 valence electrons. The lowest BCUT2D eigenvalue weighted by atomic mass is 9.62. The molecule has 0 spiro atoms. The van der Waals surface area contributed by atoms with Gasteiger partial charge in [0.1, 0.15) is 9.52 Å². The number of nitrogens with zero attached hydrogens (tertiary/aromatic N) is 1. The zero-order chi connectivity index (χ0) is 42.2. The SMILES string of the molecule is NC(NC(NCc1cccc(-n2c3ccccc3c3cc4c(cc32)-c2ccccc2C4(c2ccccc2)C2C=CC=CC2)c1)c1ccccc1)c1cccc([Si]c2ccccc2)c1. The summed E-state index contributed by atoms with van der Waals surface area (Å²) in [5, 5.41) is 12.7. The Morgan fingerprint density at radius 3 is 2.13 bits per heavy atom. The van der Waals surface area contributed by atoms with Gasteiger partial charge in [0.2, 0.25) is 0 Å². The van der Waals surface area contributed by atoms with Gasteiger partial charge in [0.05, 0.1) is 28.8 Å². The van der Waals surface area contributed by atoms with Crippen LogP contribution in [0.3, 0.4) is 0 Å². The van der Waals surface area contributed by atoms with Gasteiger partial charge < -0.3 is 10.3 Å². The lowest BCUT2D eigenvalue weighted by Crippen LogP contribution is -2.40. The van der Waals surface area contributed by atoms with Gasteiger partial charge in [-0.25, -0.2) is 0 Å². The number of nitrogens with two attached hydrogens (primary N) is 1. The Labute approximate surface area is 372 Å². The number of aromatic nitrogens is 1. The molecule has 11 rings (SSSR count). The molecule has 8 aromatic carbocycles. The number of rotatable bonds is 12. The molecule has 63 heavy (non-hydrogen) atoms. The molecule has 5 heteroatoms. The van der Waals surface area contributed by atoms with Gasteiger partial charge in [-0.1, -0.05) is 205 Å². The fourth-order valence-corrected chi connectivity index (χ4v) is 11.4. The third-order valence-electron chi connectivity index (χ3n) is 13.1. The minimum atomic E-state index is -0.370. The van der Waals surface area contributed by atoms with E-state index in [0.29, 0.717) is 16.1 Å². The number of allylic oxidation sites excluding steroid dienone is 4. The van der Waals surface area contributed by atoms with Crippen LogP contribution in [0.25, 0.3) is 38.6 Å². The number of hydrogen-bond acceptors (Lipinski definition) is 3. The van der Waals surface area contributed by atoms with E-state index in [1.165, 1.54) is 65.6 Å². The Hall–Kier alpha value is -6.86. The third-order valence-corrected chi connectivity index (χ3v) is 14.3.